The topological polar surface area (TPSA) is 102 Å². The average Bonchev–Trinajstić information content (AvgIpc) is 2.38. The Balaban J connectivity index is 2.72. The van der Waals surface area contributed by atoms with Crippen LogP contribution >= 0.6 is 0 Å². The van der Waals surface area contributed by atoms with Crippen molar-refractivity contribution in [3.05, 3.63) is 33.5 Å². The van der Waals surface area contributed by atoms with Gasteiger partial charge in [-0.1, -0.05) is 19.8 Å². The van der Waals surface area contributed by atoms with Crippen LogP contribution in [0.25, 0.3) is 0 Å². The SMILES string of the molecule is CCCCCC(=O)NC(=O)c1cc(C)nc([N+](=O)[O-])c1. The van der Waals surface area contributed by atoms with Gasteiger partial charge >= 0.3 is 5.82 Å². The number of nitrogens with zero attached hydrogens (tertiary/aromatic N) is 2. The Kier molecular flexibility index (Phi) is 5.76. The summed E-state index contributed by atoms with van der Waals surface area (Å²) in [7, 11) is 0. The van der Waals surface area contributed by atoms with Crippen molar-refractivity contribution in [3.8, 4) is 0 Å². The highest BCUT2D eigenvalue weighted by molar-refractivity contribution is 6.04. The lowest BCUT2D eigenvalue weighted by Crippen LogP contribution is -2.30. The number of carbonyl (C=O) groups excluding carboxylic acids is 2. The highest BCUT2D eigenvalue weighted by Gasteiger charge is 2.17. The van der Waals surface area contributed by atoms with Crippen molar-refractivity contribution in [2.45, 2.75) is 39.5 Å². The third-order valence-corrected chi connectivity index (χ3v) is 2.65. The summed E-state index contributed by atoms with van der Waals surface area (Å²) in [5.74, 6) is -1.42. The van der Waals surface area contributed by atoms with E-state index >= 15 is 0 Å². The van der Waals surface area contributed by atoms with Gasteiger partial charge in [-0.2, -0.15) is 0 Å². The second-order valence-corrected chi connectivity index (χ2v) is 4.45. The lowest BCUT2D eigenvalue weighted by Gasteiger charge is -2.04. The molecule has 1 aromatic rings. The molecule has 0 aliphatic carbocycles. The van der Waals surface area contributed by atoms with E-state index in [1.165, 1.54) is 6.07 Å². The van der Waals surface area contributed by atoms with Gasteiger partial charge in [-0.3, -0.25) is 14.9 Å². The molecule has 2 amide bonds. The molecule has 0 saturated heterocycles. The number of imide groups is 1. The summed E-state index contributed by atoms with van der Waals surface area (Å²) in [5, 5.41) is 12.9. The molecule has 7 nitrogen and oxygen atoms in total. The summed E-state index contributed by atoms with van der Waals surface area (Å²) in [6, 6.07) is 2.46. The number of nitro groups is 1. The van der Waals surface area contributed by atoms with E-state index in [4.69, 9.17) is 0 Å². The molecule has 0 atom stereocenters. The number of hydrogen-bond acceptors (Lipinski definition) is 5. The predicted octanol–water partition coefficient (Wildman–Crippen LogP) is 2.13. The van der Waals surface area contributed by atoms with E-state index in [1.54, 1.807) is 6.92 Å². The molecule has 0 saturated carbocycles. The van der Waals surface area contributed by atoms with Crippen molar-refractivity contribution in [2.24, 2.45) is 0 Å². The number of rotatable bonds is 6. The number of nitrogens with one attached hydrogen (secondary N) is 1. The van der Waals surface area contributed by atoms with Crippen molar-refractivity contribution in [2.75, 3.05) is 0 Å². The maximum Gasteiger partial charge on any atom is 0.364 e. The Morgan fingerprint density at radius 3 is 2.65 bits per heavy atom. The van der Waals surface area contributed by atoms with Crippen molar-refractivity contribution in [1.29, 1.82) is 0 Å². The third-order valence-electron chi connectivity index (χ3n) is 2.65. The fourth-order valence-electron chi connectivity index (χ4n) is 1.67. The van der Waals surface area contributed by atoms with Crippen LogP contribution in [0.3, 0.4) is 0 Å². The zero-order valence-corrected chi connectivity index (χ0v) is 11.5. The molecule has 0 fully saturated rings. The molecule has 0 aliphatic rings. The maximum atomic E-state index is 11.8. The molecule has 1 heterocycles. The minimum absolute atomic E-state index is 0.0630. The molecular formula is C13H17N3O4. The first-order valence-electron chi connectivity index (χ1n) is 6.41. The van der Waals surface area contributed by atoms with Gasteiger partial charge in [-0.15, -0.1) is 0 Å². The van der Waals surface area contributed by atoms with Crippen molar-refractivity contribution >= 4 is 17.6 Å². The highest BCUT2D eigenvalue weighted by atomic mass is 16.6. The van der Waals surface area contributed by atoms with Gasteiger partial charge in [0.2, 0.25) is 5.91 Å². The van der Waals surface area contributed by atoms with Crippen LogP contribution in [-0.2, 0) is 4.79 Å². The number of aryl methyl sites for hydroxylation is 1. The Bertz CT molecular complexity index is 528. The Hall–Kier alpha value is -2.31. The smallest absolute Gasteiger partial charge is 0.358 e. The van der Waals surface area contributed by atoms with E-state index in [9.17, 15) is 19.7 Å². The molecule has 1 rings (SSSR count). The van der Waals surface area contributed by atoms with E-state index in [-0.39, 0.29) is 17.9 Å². The molecule has 7 heteroatoms. The van der Waals surface area contributed by atoms with Gasteiger partial charge in [-0.05, 0) is 22.4 Å². The van der Waals surface area contributed by atoms with Crippen LogP contribution in [0, 0.1) is 17.0 Å². The van der Waals surface area contributed by atoms with Gasteiger partial charge < -0.3 is 10.1 Å². The number of carbonyl (C=O) groups is 2. The van der Waals surface area contributed by atoms with Gasteiger partial charge in [0.05, 0.1) is 5.56 Å². The first-order valence-corrected chi connectivity index (χ1v) is 6.41. The summed E-state index contributed by atoms with van der Waals surface area (Å²) < 4.78 is 0. The molecule has 20 heavy (non-hydrogen) atoms. The van der Waals surface area contributed by atoms with Crippen LogP contribution in [0.4, 0.5) is 5.82 Å². The molecule has 0 bridgehead atoms. The predicted molar refractivity (Wildman–Crippen MR) is 72.2 cm³/mol. The summed E-state index contributed by atoms with van der Waals surface area (Å²) in [5.41, 5.74) is 0.413. The Morgan fingerprint density at radius 1 is 1.35 bits per heavy atom. The van der Waals surface area contributed by atoms with E-state index < -0.39 is 16.6 Å². The van der Waals surface area contributed by atoms with Gasteiger partial charge in [0.25, 0.3) is 5.91 Å². The number of aromatic nitrogens is 1. The summed E-state index contributed by atoms with van der Waals surface area (Å²) >= 11 is 0. The monoisotopic (exact) mass is 279 g/mol. The molecule has 1 aromatic heterocycles. The summed E-state index contributed by atoms with van der Waals surface area (Å²) in [6.45, 7) is 3.56. The number of amides is 2. The van der Waals surface area contributed by atoms with E-state index in [1.807, 2.05) is 6.92 Å². The maximum absolute atomic E-state index is 11.8. The van der Waals surface area contributed by atoms with Gasteiger partial charge in [0.15, 0.2) is 5.69 Å². The first kappa shape index (κ1) is 15.7. The summed E-state index contributed by atoms with van der Waals surface area (Å²) in [6.07, 6.45) is 2.88. The molecular weight excluding hydrogens is 262 g/mol. The van der Waals surface area contributed by atoms with Crippen molar-refractivity contribution in [1.82, 2.24) is 10.3 Å². The van der Waals surface area contributed by atoms with Gasteiger partial charge in [0.1, 0.15) is 0 Å². The van der Waals surface area contributed by atoms with E-state index in [2.05, 4.69) is 10.3 Å². The second kappa shape index (κ2) is 7.32. The quantitative estimate of drug-likeness (QED) is 0.488. The molecule has 0 spiro atoms. The normalized spacial score (nSPS) is 10.1. The standard InChI is InChI=1S/C13H17N3O4/c1-3-4-5-6-12(17)15-13(18)10-7-9(2)14-11(8-10)16(19)20/h7-8H,3-6H2,1-2H3,(H,15,17,18). The fraction of sp³-hybridized carbons (Fsp3) is 0.462. The van der Waals surface area contributed by atoms with Crippen LogP contribution < -0.4 is 5.32 Å². The van der Waals surface area contributed by atoms with E-state index in [0.717, 1.165) is 18.9 Å². The average molecular weight is 279 g/mol. The van der Waals surface area contributed by atoms with Crippen LogP contribution in [-0.4, -0.2) is 21.7 Å². The van der Waals surface area contributed by atoms with Crippen molar-refractivity contribution in [3.63, 3.8) is 0 Å². The van der Waals surface area contributed by atoms with Crippen LogP contribution in [0.1, 0.15) is 48.7 Å². The van der Waals surface area contributed by atoms with Gasteiger partial charge in [-0.25, -0.2) is 0 Å². The molecule has 0 radical (unpaired) electrons. The van der Waals surface area contributed by atoms with Crippen LogP contribution in [0.5, 0.6) is 0 Å². The zero-order chi connectivity index (χ0) is 15.1. The molecule has 0 aliphatic heterocycles. The zero-order valence-electron chi connectivity index (χ0n) is 11.5. The molecule has 0 aromatic carbocycles. The van der Waals surface area contributed by atoms with Gasteiger partial charge in [0, 0.05) is 19.4 Å². The highest BCUT2D eigenvalue weighted by Crippen LogP contribution is 2.12. The number of hydrogen-bond donors (Lipinski definition) is 1. The molecule has 108 valence electrons. The largest absolute Gasteiger partial charge is 0.364 e. The Morgan fingerprint density at radius 2 is 2.05 bits per heavy atom. The lowest BCUT2D eigenvalue weighted by molar-refractivity contribution is -0.389. The van der Waals surface area contributed by atoms with Crippen LogP contribution in [0.15, 0.2) is 12.1 Å². The van der Waals surface area contributed by atoms with Crippen LogP contribution in [0.2, 0.25) is 0 Å². The minimum Gasteiger partial charge on any atom is -0.358 e. The number of pyridine rings is 1. The first-order chi connectivity index (χ1) is 9.43. The van der Waals surface area contributed by atoms with E-state index in [0.29, 0.717) is 12.1 Å². The fourth-order valence-corrected chi connectivity index (χ4v) is 1.67. The second-order valence-electron chi connectivity index (χ2n) is 4.45. The Labute approximate surface area is 116 Å². The van der Waals surface area contributed by atoms with Crippen molar-refractivity contribution < 1.29 is 14.5 Å². The minimum atomic E-state index is -0.674. The molecule has 1 N–H and O–H groups in total. The summed E-state index contributed by atoms with van der Waals surface area (Å²) in [4.78, 5) is 37.0. The third kappa shape index (κ3) is 4.75. The molecule has 0 unspecified atom stereocenters. The number of unbranched alkanes of at least 4 members (excludes halogenated alkanes) is 2. The lowest BCUT2D eigenvalue weighted by atomic mass is 10.2.